The predicted octanol–water partition coefficient (Wildman–Crippen LogP) is 2.40. The van der Waals surface area contributed by atoms with Gasteiger partial charge >= 0.3 is 0 Å². The van der Waals surface area contributed by atoms with E-state index >= 15 is 0 Å². The molecule has 90 valence electrons. The highest BCUT2D eigenvalue weighted by molar-refractivity contribution is 5.16. The molecule has 0 fully saturated rings. The lowest BCUT2D eigenvalue weighted by molar-refractivity contribution is 0.0806. The first-order chi connectivity index (χ1) is 7.65. The van der Waals surface area contributed by atoms with Gasteiger partial charge in [-0.2, -0.15) is 0 Å². The Labute approximate surface area is 96.1 Å². The fraction of sp³-hybridized carbons (Fsp3) is 0.538. The van der Waals surface area contributed by atoms with E-state index in [1.807, 2.05) is 6.92 Å². The van der Waals surface area contributed by atoms with Crippen LogP contribution in [0.15, 0.2) is 24.3 Å². The Bertz CT molecular complexity index is 297. The third kappa shape index (κ3) is 4.29. The van der Waals surface area contributed by atoms with Crippen LogP contribution < -0.4 is 0 Å². The number of hydrogen-bond acceptors (Lipinski definition) is 2. The van der Waals surface area contributed by atoms with Crippen LogP contribution in [0.2, 0.25) is 0 Å². The molecule has 0 saturated heterocycles. The molecule has 0 aliphatic rings. The van der Waals surface area contributed by atoms with Gasteiger partial charge in [-0.05, 0) is 43.4 Å². The zero-order valence-electron chi connectivity index (χ0n) is 9.82. The molecule has 0 aliphatic carbocycles. The molecule has 0 aromatic heterocycles. The molecule has 1 aromatic carbocycles. The molecule has 0 heterocycles. The van der Waals surface area contributed by atoms with Crippen LogP contribution in [0.3, 0.4) is 0 Å². The molecule has 0 bridgehead atoms. The third-order valence-corrected chi connectivity index (χ3v) is 2.76. The zero-order valence-corrected chi connectivity index (χ0v) is 9.82. The molecular formula is C13H19FO2. The minimum Gasteiger partial charge on any atom is -0.396 e. The van der Waals surface area contributed by atoms with E-state index in [1.54, 1.807) is 19.2 Å². The quantitative estimate of drug-likeness (QED) is 0.807. The first-order valence-electron chi connectivity index (χ1n) is 5.53. The Kier molecular flexibility index (Phi) is 5.43. The highest BCUT2D eigenvalue weighted by atomic mass is 19.1. The maximum absolute atomic E-state index is 12.7. The van der Waals surface area contributed by atoms with Crippen molar-refractivity contribution in [3.05, 3.63) is 35.6 Å². The molecule has 0 radical (unpaired) electrons. The largest absolute Gasteiger partial charge is 0.396 e. The predicted molar refractivity (Wildman–Crippen MR) is 61.8 cm³/mol. The summed E-state index contributed by atoms with van der Waals surface area (Å²) in [6.07, 6.45) is 1.70. The highest BCUT2D eigenvalue weighted by Gasteiger charge is 2.12. The van der Waals surface area contributed by atoms with Gasteiger partial charge in [0.25, 0.3) is 0 Å². The van der Waals surface area contributed by atoms with E-state index < -0.39 is 0 Å². The average Bonchev–Trinajstić information content (AvgIpc) is 2.30. The van der Waals surface area contributed by atoms with Crippen molar-refractivity contribution in [3.63, 3.8) is 0 Å². The van der Waals surface area contributed by atoms with E-state index in [0.717, 1.165) is 18.4 Å². The van der Waals surface area contributed by atoms with Crippen molar-refractivity contribution in [2.45, 2.75) is 25.9 Å². The molecular weight excluding hydrogens is 207 g/mol. The molecule has 3 heteroatoms. The van der Waals surface area contributed by atoms with Gasteiger partial charge in [-0.15, -0.1) is 0 Å². The smallest absolute Gasteiger partial charge is 0.123 e. The summed E-state index contributed by atoms with van der Waals surface area (Å²) < 4.78 is 17.9. The fourth-order valence-electron chi connectivity index (χ4n) is 1.74. The van der Waals surface area contributed by atoms with Gasteiger partial charge in [0, 0.05) is 13.7 Å². The Hall–Kier alpha value is -0.930. The Morgan fingerprint density at radius 1 is 1.31 bits per heavy atom. The van der Waals surface area contributed by atoms with E-state index in [4.69, 9.17) is 4.74 Å². The minimum atomic E-state index is -0.227. The SMILES string of the molecule is COC(C)CC(CO)Cc1ccc(F)cc1. The van der Waals surface area contributed by atoms with Crippen LogP contribution in [-0.2, 0) is 11.2 Å². The number of ether oxygens (including phenoxy) is 1. The van der Waals surface area contributed by atoms with Crippen LogP contribution in [0.5, 0.6) is 0 Å². The molecule has 16 heavy (non-hydrogen) atoms. The molecule has 2 atom stereocenters. The minimum absolute atomic E-state index is 0.130. The van der Waals surface area contributed by atoms with Gasteiger partial charge in [-0.25, -0.2) is 4.39 Å². The number of methoxy groups -OCH3 is 1. The molecule has 1 rings (SSSR count). The van der Waals surface area contributed by atoms with Crippen molar-refractivity contribution in [2.75, 3.05) is 13.7 Å². The van der Waals surface area contributed by atoms with Gasteiger partial charge < -0.3 is 9.84 Å². The standard InChI is InChI=1S/C13H19FO2/c1-10(16-2)7-12(9-15)8-11-3-5-13(14)6-4-11/h3-6,10,12,15H,7-9H2,1-2H3. The summed E-state index contributed by atoms with van der Waals surface area (Å²) in [4.78, 5) is 0. The van der Waals surface area contributed by atoms with Gasteiger partial charge in [0.05, 0.1) is 6.10 Å². The van der Waals surface area contributed by atoms with Crippen molar-refractivity contribution in [1.82, 2.24) is 0 Å². The van der Waals surface area contributed by atoms with E-state index in [-0.39, 0.29) is 24.4 Å². The molecule has 0 aliphatic heterocycles. The molecule has 2 unspecified atom stereocenters. The second-order valence-electron chi connectivity index (χ2n) is 4.16. The molecule has 1 aromatic rings. The lowest BCUT2D eigenvalue weighted by Crippen LogP contribution is -2.17. The van der Waals surface area contributed by atoms with Gasteiger partial charge in [0.15, 0.2) is 0 Å². The summed E-state index contributed by atoms with van der Waals surface area (Å²) in [7, 11) is 1.66. The number of hydrogen-bond donors (Lipinski definition) is 1. The second kappa shape index (κ2) is 6.61. The van der Waals surface area contributed by atoms with Gasteiger partial charge in [-0.1, -0.05) is 12.1 Å². The lowest BCUT2D eigenvalue weighted by atomic mass is 9.95. The summed E-state index contributed by atoms with van der Waals surface area (Å²) in [6, 6.07) is 6.41. The average molecular weight is 226 g/mol. The van der Waals surface area contributed by atoms with Crippen LogP contribution in [0.25, 0.3) is 0 Å². The summed E-state index contributed by atoms with van der Waals surface area (Å²) >= 11 is 0. The van der Waals surface area contributed by atoms with Crippen LogP contribution in [-0.4, -0.2) is 24.9 Å². The summed E-state index contributed by atoms with van der Waals surface area (Å²) in [6.45, 7) is 2.11. The maximum atomic E-state index is 12.7. The van der Waals surface area contributed by atoms with Crippen molar-refractivity contribution in [3.8, 4) is 0 Å². The number of halogens is 1. The topological polar surface area (TPSA) is 29.5 Å². The Morgan fingerprint density at radius 2 is 1.94 bits per heavy atom. The molecule has 0 amide bonds. The van der Waals surface area contributed by atoms with E-state index in [9.17, 15) is 9.50 Å². The highest BCUT2D eigenvalue weighted by Crippen LogP contribution is 2.15. The normalized spacial score (nSPS) is 14.8. The van der Waals surface area contributed by atoms with Gasteiger partial charge in [0.2, 0.25) is 0 Å². The van der Waals surface area contributed by atoms with Gasteiger partial charge in [-0.3, -0.25) is 0 Å². The monoisotopic (exact) mass is 226 g/mol. The molecule has 0 spiro atoms. The maximum Gasteiger partial charge on any atom is 0.123 e. The molecule has 0 saturated carbocycles. The van der Waals surface area contributed by atoms with Crippen LogP contribution >= 0.6 is 0 Å². The lowest BCUT2D eigenvalue weighted by Gasteiger charge is -2.18. The van der Waals surface area contributed by atoms with E-state index in [2.05, 4.69) is 0 Å². The fourth-order valence-corrected chi connectivity index (χ4v) is 1.74. The first-order valence-corrected chi connectivity index (χ1v) is 5.53. The first kappa shape index (κ1) is 13.1. The van der Waals surface area contributed by atoms with Crippen molar-refractivity contribution in [2.24, 2.45) is 5.92 Å². The number of aliphatic hydroxyl groups is 1. The zero-order chi connectivity index (χ0) is 12.0. The Balaban J connectivity index is 2.52. The van der Waals surface area contributed by atoms with Gasteiger partial charge in [0.1, 0.15) is 5.82 Å². The summed E-state index contributed by atoms with van der Waals surface area (Å²) in [5.74, 6) is -0.0602. The second-order valence-corrected chi connectivity index (χ2v) is 4.16. The van der Waals surface area contributed by atoms with Crippen LogP contribution in [0.1, 0.15) is 18.9 Å². The third-order valence-electron chi connectivity index (χ3n) is 2.76. The number of rotatable bonds is 6. The van der Waals surface area contributed by atoms with E-state index in [0.29, 0.717) is 0 Å². The van der Waals surface area contributed by atoms with Crippen LogP contribution in [0.4, 0.5) is 4.39 Å². The van der Waals surface area contributed by atoms with Crippen molar-refractivity contribution >= 4 is 0 Å². The number of benzene rings is 1. The van der Waals surface area contributed by atoms with Crippen molar-refractivity contribution in [1.29, 1.82) is 0 Å². The number of aliphatic hydroxyl groups excluding tert-OH is 1. The van der Waals surface area contributed by atoms with E-state index in [1.165, 1.54) is 12.1 Å². The van der Waals surface area contributed by atoms with Crippen molar-refractivity contribution < 1.29 is 14.2 Å². The Morgan fingerprint density at radius 3 is 2.44 bits per heavy atom. The van der Waals surface area contributed by atoms with Crippen LogP contribution in [0, 0.1) is 11.7 Å². The summed E-state index contributed by atoms with van der Waals surface area (Å²) in [5, 5.41) is 9.26. The summed E-state index contributed by atoms with van der Waals surface area (Å²) in [5.41, 5.74) is 1.05. The molecule has 1 N–H and O–H groups in total. The molecule has 2 nitrogen and oxygen atoms in total.